The third-order valence-corrected chi connectivity index (χ3v) is 4.80. The molecule has 1 saturated heterocycles. The van der Waals surface area contributed by atoms with Gasteiger partial charge in [0, 0.05) is 22.6 Å². The molecule has 94 valence electrons. The molecule has 0 aliphatic carbocycles. The van der Waals surface area contributed by atoms with E-state index in [2.05, 4.69) is 35.7 Å². The Kier molecular flexibility index (Phi) is 5.20. The minimum absolute atomic E-state index is 0.647. The van der Waals surface area contributed by atoms with Crippen molar-refractivity contribution in [1.82, 2.24) is 4.90 Å². The molecule has 1 heterocycles. The van der Waals surface area contributed by atoms with E-state index in [1.54, 1.807) is 0 Å². The lowest BCUT2D eigenvalue weighted by atomic mass is 10.1. The molecule has 0 N–H and O–H groups in total. The van der Waals surface area contributed by atoms with Gasteiger partial charge in [0.15, 0.2) is 0 Å². The summed E-state index contributed by atoms with van der Waals surface area (Å²) in [5.41, 5.74) is 1.43. The van der Waals surface area contributed by atoms with Crippen molar-refractivity contribution >= 4 is 23.4 Å². The van der Waals surface area contributed by atoms with E-state index in [-0.39, 0.29) is 0 Å². The molecule has 0 spiro atoms. The third-order valence-electron chi connectivity index (χ3n) is 3.22. The largest absolute Gasteiger partial charge is 0.302 e. The Bertz CT molecular complexity index is 339. The van der Waals surface area contributed by atoms with Gasteiger partial charge in [-0.1, -0.05) is 30.7 Å². The second-order valence-electron chi connectivity index (χ2n) is 4.54. The van der Waals surface area contributed by atoms with Crippen molar-refractivity contribution in [2.45, 2.75) is 25.0 Å². The predicted octanol–water partition coefficient (Wildman–Crippen LogP) is 4.23. The van der Waals surface area contributed by atoms with Crippen LogP contribution >= 0.6 is 23.4 Å². The zero-order chi connectivity index (χ0) is 12.1. The van der Waals surface area contributed by atoms with Crippen molar-refractivity contribution in [3.05, 3.63) is 34.9 Å². The topological polar surface area (TPSA) is 3.24 Å². The van der Waals surface area contributed by atoms with Gasteiger partial charge in [0.1, 0.15) is 0 Å². The molecule has 1 aliphatic rings. The lowest BCUT2D eigenvalue weighted by molar-refractivity contribution is 0.291. The molecular weight excluding hydrogens is 250 g/mol. The molecule has 1 aliphatic heterocycles. The summed E-state index contributed by atoms with van der Waals surface area (Å²) in [6.45, 7) is 5.97. The van der Waals surface area contributed by atoms with Crippen molar-refractivity contribution in [1.29, 1.82) is 0 Å². The van der Waals surface area contributed by atoms with Gasteiger partial charge in [-0.2, -0.15) is 11.8 Å². The van der Waals surface area contributed by atoms with Crippen LogP contribution in [0.2, 0.25) is 5.02 Å². The first-order valence-electron chi connectivity index (χ1n) is 6.39. The summed E-state index contributed by atoms with van der Waals surface area (Å²) in [6, 6.07) is 8.36. The first kappa shape index (κ1) is 13.3. The van der Waals surface area contributed by atoms with Gasteiger partial charge in [-0.15, -0.1) is 0 Å². The van der Waals surface area contributed by atoms with E-state index >= 15 is 0 Å². The highest BCUT2D eigenvalue weighted by Gasteiger charge is 2.18. The van der Waals surface area contributed by atoms with E-state index in [0.717, 1.165) is 5.02 Å². The fourth-order valence-corrected chi connectivity index (χ4v) is 3.69. The van der Waals surface area contributed by atoms with Crippen LogP contribution in [0.15, 0.2) is 24.3 Å². The summed E-state index contributed by atoms with van der Waals surface area (Å²) < 4.78 is 0. The van der Waals surface area contributed by atoms with Crippen molar-refractivity contribution in [3.8, 4) is 0 Å². The van der Waals surface area contributed by atoms with Crippen LogP contribution in [0.25, 0.3) is 0 Å². The maximum absolute atomic E-state index is 5.93. The highest BCUT2D eigenvalue weighted by atomic mass is 35.5. The molecule has 1 aromatic carbocycles. The normalized spacial score (nSPS) is 22.4. The van der Waals surface area contributed by atoms with Crippen LogP contribution in [-0.4, -0.2) is 30.3 Å². The lowest BCUT2D eigenvalue weighted by Gasteiger charge is -2.18. The molecule has 1 nitrogen and oxygen atoms in total. The van der Waals surface area contributed by atoms with Gasteiger partial charge in [0.05, 0.1) is 0 Å². The summed E-state index contributed by atoms with van der Waals surface area (Å²) in [6.07, 6.45) is 2.52. The van der Waals surface area contributed by atoms with Gasteiger partial charge >= 0.3 is 0 Å². The van der Waals surface area contributed by atoms with E-state index in [0.29, 0.717) is 5.25 Å². The molecule has 0 radical (unpaired) electrons. The second kappa shape index (κ2) is 6.67. The molecule has 0 saturated carbocycles. The highest BCUT2D eigenvalue weighted by Crippen LogP contribution is 2.34. The number of thioether (sulfide) groups is 1. The number of hydrogen-bond acceptors (Lipinski definition) is 2. The minimum Gasteiger partial charge on any atom is -0.302 e. The summed E-state index contributed by atoms with van der Waals surface area (Å²) in [4.78, 5) is 2.59. The third kappa shape index (κ3) is 3.90. The number of halogens is 1. The van der Waals surface area contributed by atoms with Gasteiger partial charge in [-0.05, 0) is 43.6 Å². The molecule has 1 aromatic rings. The smallest absolute Gasteiger partial charge is 0.0406 e. The Labute approximate surface area is 114 Å². The quantitative estimate of drug-likeness (QED) is 0.808. The van der Waals surface area contributed by atoms with Gasteiger partial charge in [0.2, 0.25) is 0 Å². The maximum atomic E-state index is 5.93. The molecule has 1 unspecified atom stereocenters. The average molecular weight is 270 g/mol. The molecule has 2 rings (SSSR count). The molecule has 0 amide bonds. The minimum atomic E-state index is 0.647. The summed E-state index contributed by atoms with van der Waals surface area (Å²) in [7, 11) is 0. The number of benzene rings is 1. The van der Waals surface area contributed by atoms with E-state index in [9.17, 15) is 0 Å². The molecule has 1 atom stereocenters. The molecule has 1 fully saturated rings. The molecule has 0 aromatic heterocycles. The Morgan fingerprint density at radius 2 is 2.06 bits per heavy atom. The van der Waals surface area contributed by atoms with Gasteiger partial charge in [0.25, 0.3) is 0 Å². The zero-order valence-electron chi connectivity index (χ0n) is 10.4. The zero-order valence-corrected chi connectivity index (χ0v) is 11.9. The van der Waals surface area contributed by atoms with Gasteiger partial charge in [-0.25, -0.2) is 0 Å². The Balaban J connectivity index is 1.96. The number of hydrogen-bond donors (Lipinski definition) is 0. The van der Waals surface area contributed by atoms with Crippen molar-refractivity contribution in [2.24, 2.45) is 0 Å². The van der Waals surface area contributed by atoms with Gasteiger partial charge < -0.3 is 4.90 Å². The van der Waals surface area contributed by atoms with Crippen molar-refractivity contribution in [2.75, 3.05) is 25.4 Å². The van der Waals surface area contributed by atoms with Gasteiger partial charge in [-0.3, -0.25) is 0 Å². The van der Waals surface area contributed by atoms with Crippen LogP contribution in [0.3, 0.4) is 0 Å². The second-order valence-corrected chi connectivity index (χ2v) is 6.29. The van der Waals surface area contributed by atoms with Crippen LogP contribution in [0, 0.1) is 0 Å². The van der Waals surface area contributed by atoms with Crippen molar-refractivity contribution in [3.63, 3.8) is 0 Å². The van der Waals surface area contributed by atoms with Crippen LogP contribution in [0.5, 0.6) is 0 Å². The molecule has 0 bridgehead atoms. The number of rotatable bonds is 3. The van der Waals surface area contributed by atoms with Crippen LogP contribution in [0.4, 0.5) is 0 Å². The van der Waals surface area contributed by atoms with Crippen LogP contribution in [-0.2, 0) is 0 Å². The Morgan fingerprint density at radius 3 is 2.76 bits per heavy atom. The predicted molar refractivity (Wildman–Crippen MR) is 78.0 cm³/mol. The molecule has 17 heavy (non-hydrogen) atoms. The number of nitrogens with zero attached hydrogens (tertiary/aromatic N) is 1. The first-order valence-corrected chi connectivity index (χ1v) is 7.81. The highest BCUT2D eigenvalue weighted by molar-refractivity contribution is 7.99. The monoisotopic (exact) mass is 269 g/mol. The van der Waals surface area contributed by atoms with E-state index in [1.165, 1.54) is 43.8 Å². The maximum Gasteiger partial charge on any atom is 0.0406 e. The van der Waals surface area contributed by atoms with E-state index < -0.39 is 0 Å². The van der Waals surface area contributed by atoms with E-state index in [4.69, 9.17) is 11.6 Å². The van der Waals surface area contributed by atoms with E-state index in [1.807, 2.05) is 12.1 Å². The lowest BCUT2D eigenvalue weighted by Crippen LogP contribution is -2.26. The standard InChI is InChI=1S/C14H20ClNS/c1-2-8-16-9-7-14(17-11-10-16)12-3-5-13(15)6-4-12/h3-6,14H,2,7-11H2,1H3. The summed E-state index contributed by atoms with van der Waals surface area (Å²) in [5.74, 6) is 1.24. The molecule has 3 heteroatoms. The fraction of sp³-hybridized carbons (Fsp3) is 0.571. The summed E-state index contributed by atoms with van der Waals surface area (Å²) >= 11 is 8.02. The Hall–Kier alpha value is -0.180. The Morgan fingerprint density at radius 1 is 1.29 bits per heavy atom. The average Bonchev–Trinajstić information content (AvgIpc) is 2.56. The SMILES string of the molecule is CCCN1CCSC(c2ccc(Cl)cc2)CC1. The summed E-state index contributed by atoms with van der Waals surface area (Å²) in [5, 5.41) is 1.48. The first-order chi connectivity index (χ1) is 8.29. The van der Waals surface area contributed by atoms with Crippen molar-refractivity contribution < 1.29 is 0 Å². The molecular formula is C14H20ClNS. The van der Waals surface area contributed by atoms with Crippen LogP contribution < -0.4 is 0 Å². The fourth-order valence-electron chi connectivity index (χ4n) is 2.30. The van der Waals surface area contributed by atoms with Crippen LogP contribution in [0.1, 0.15) is 30.6 Å².